The van der Waals surface area contributed by atoms with Crippen LogP contribution in [-0.2, 0) is 13.5 Å². The summed E-state index contributed by atoms with van der Waals surface area (Å²) in [6.45, 7) is 2.18. The minimum absolute atomic E-state index is 0.320. The number of nitrogens with one attached hydrogen (secondary N) is 1. The standard InChI is InChI=1S/C11H18N2O2/c1-3-4-5-6-7-10-12-8-9(11(14)15)13(10)2/h8H,3-7H2,1-2H3,(H,14,15)/p+1. The largest absolute Gasteiger partial charge is 0.475 e. The third-order valence-electron chi connectivity index (χ3n) is 2.63. The van der Waals surface area contributed by atoms with Crippen LogP contribution in [0.5, 0.6) is 0 Å². The molecule has 15 heavy (non-hydrogen) atoms. The molecule has 1 heterocycles. The molecule has 0 spiro atoms. The van der Waals surface area contributed by atoms with Gasteiger partial charge in [-0.3, -0.25) is 0 Å². The SMILES string of the molecule is CCCCCCc1[nH]cc(C(=O)O)[n+]1C. The van der Waals surface area contributed by atoms with Crippen molar-refractivity contribution in [1.29, 1.82) is 0 Å². The molecule has 0 radical (unpaired) electrons. The molecule has 1 aromatic rings. The average Bonchev–Trinajstić information content (AvgIpc) is 2.55. The second-order valence-corrected chi connectivity index (χ2v) is 3.80. The number of aromatic carboxylic acids is 1. The lowest BCUT2D eigenvalue weighted by Crippen LogP contribution is -2.37. The molecule has 84 valence electrons. The summed E-state index contributed by atoms with van der Waals surface area (Å²) in [5, 5.41) is 8.85. The van der Waals surface area contributed by atoms with Crippen LogP contribution in [0.2, 0.25) is 0 Å². The molecule has 0 atom stereocenters. The Morgan fingerprint density at radius 1 is 1.47 bits per heavy atom. The molecule has 0 saturated carbocycles. The topological polar surface area (TPSA) is 57.0 Å². The fourth-order valence-electron chi connectivity index (χ4n) is 1.66. The minimum atomic E-state index is -0.881. The molecular weight excluding hydrogens is 192 g/mol. The number of hydrogen-bond donors (Lipinski definition) is 2. The zero-order valence-electron chi connectivity index (χ0n) is 9.42. The van der Waals surface area contributed by atoms with Gasteiger partial charge in [-0.2, -0.15) is 0 Å². The van der Waals surface area contributed by atoms with Crippen molar-refractivity contribution in [1.82, 2.24) is 4.98 Å². The number of carbonyl (C=O) groups is 1. The number of H-pyrrole nitrogens is 1. The highest BCUT2D eigenvalue weighted by Gasteiger charge is 2.18. The average molecular weight is 211 g/mol. The summed E-state index contributed by atoms with van der Waals surface area (Å²) in [6, 6.07) is 0. The van der Waals surface area contributed by atoms with Gasteiger partial charge in [-0.25, -0.2) is 14.3 Å². The monoisotopic (exact) mass is 211 g/mol. The molecule has 0 fully saturated rings. The van der Waals surface area contributed by atoms with Crippen molar-refractivity contribution in [3.8, 4) is 0 Å². The van der Waals surface area contributed by atoms with E-state index in [1.807, 2.05) is 0 Å². The van der Waals surface area contributed by atoms with Gasteiger partial charge in [0.2, 0.25) is 0 Å². The van der Waals surface area contributed by atoms with Gasteiger partial charge in [-0.1, -0.05) is 26.2 Å². The Kier molecular flexibility index (Phi) is 4.34. The van der Waals surface area contributed by atoms with Crippen molar-refractivity contribution >= 4 is 5.97 Å². The Labute approximate surface area is 89.9 Å². The maximum Gasteiger partial charge on any atom is 0.379 e. The summed E-state index contributed by atoms with van der Waals surface area (Å²) in [5.41, 5.74) is 0.320. The van der Waals surface area contributed by atoms with E-state index in [-0.39, 0.29) is 0 Å². The molecular formula is C11H19N2O2+. The van der Waals surface area contributed by atoms with Crippen molar-refractivity contribution in [2.45, 2.75) is 39.0 Å². The van der Waals surface area contributed by atoms with E-state index < -0.39 is 5.97 Å². The fraction of sp³-hybridized carbons (Fsp3) is 0.636. The summed E-state index contributed by atoms with van der Waals surface area (Å²) >= 11 is 0. The van der Waals surface area contributed by atoms with Crippen LogP contribution in [0.1, 0.15) is 48.9 Å². The number of aromatic amines is 1. The van der Waals surface area contributed by atoms with E-state index in [0.29, 0.717) is 5.69 Å². The molecule has 0 unspecified atom stereocenters. The third kappa shape index (κ3) is 3.08. The summed E-state index contributed by atoms with van der Waals surface area (Å²) in [7, 11) is 1.79. The second-order valence-electron chi connectivity index (χ2n) is 3.80. The van der Waals surface area contributed by atoms with E-state index in [4.69, 9.17) is 5.11 Å². The molecule has 0 saturated heterocycles. The highest BCUT2D eigenvalue weighted by Crippen LogP contribution is 2.04. The zero-order valence-corrected chi connectivity index (χ0v) is 9.42. The first-order valence-electron chi connectivity index (χ1n) is 5.46. The van der Waals surface area contributed by atoms with Gasteiger partial charge >= 0.3 is 5.97 Å². The number of hydrogen-bond acceptors (Lipinski definition) is 1. The van der Waals surface area contributed by atoms with E-state index in [1.165, 1.54) is 19.3 Å². The van der Waals surface area contributed by atoms with E-state index in [2.05, 4.69) is 11.9 Å². The van der Waals surface area contributed by atoms with Crippen molar-refractivity contribution < 1.29 is 14.5 Å². The highest BCUT2D eigenvalue weighted by molar-refractivity contribution is 5.83. The number of nitrogens with zero attached hydrogens (tertiary/aromatic N) is 1. The number of rotatable bonds is 6. The van der Waals surface area contributed by atoms with Crippen molar-refractivity contribution in [2.75, 3.05) is 0 Å². The quantitative estimate of drug-likeness (QED) is 0.555. The Hall–Kier alpha value is -1.32. The van der Waals surface area contributed by atoms with Crippen molar-refractivity contribution in [3.63, 3.8) is 0 Å². The molecule has 1 aromatic heterocycles. The Morgan fingerprint density at radius 3 is 2.73 bits per heavy atom. The van der Waals surface area contributed by atoms with Crippen LogP contribution in [0.25, 0.3) is 0 Å². The van der Waals surface area contributed by atoms with Gasteiger partial charge in [0.1, 0.15) is 6.20 Å². The minimum Gasteiger partial charge on any atom is -0.475 e. The maximum atomic E-state index is 10.8. The smallest absolute Gasteiger partial charge is 0.379 e. The third-order valence-corrected chi connectivity index (χ3v) is 2.63. The Morgan fingerprint density at radius 2 is 2.20 bits per heavy atom. The van der Waals surface area contributed by atoms with Crippen molar-refractivity contribution in [2.24, 2.45) is 7.05 Å². The normalized spacial score (nSPS) is 10.5. The maximum absolute atomic E-state index is 10.8. The molecule has 4 nitrogen and oxygen atoms in total. The lowest BCUT2D eigenvalue weighted by atomic mass is 10.1. The molecule has 0 aromatic carbocycles. The van der Waals surface area contributed by atoms with Gasteiger partial charge in [0.15, 0.2) is 0 Å². The zero-order chi connectivity index (χ0) is 11.3. The predicted molar refractivity (Wildman–Crippen MR) is 56.8 cm³/mol. The summed E-state index contributed by atoms with van der Waals surface area (Å²) in [4.78, 5) is 13.8. The lowest BCUT2D eigenvalue weighted by molar-refractivity contribution is -0.680. The first-order chi connectivity index (χ1) is 7.16. The van der Waals surface area contributed by atoms with Crippen LogP contribution in [0, 0.1) is 0 Å². The van der Waals surface area contributed by atoms with Crippen LogP contribution in [0.15, 0.2) is 6.20 Å². The molecule has 0 aliphatic heterocycles. The van der Waals surface area contributed by atoms with Crippen LogP contribution < -0.4 is 4.57 Å². The Balaban J connectivity index is 2.51. The first-order valence-corrected chi connectivity index (χ1v) is 5.46. The summed E-state index contributed by atoms with van der Waals surface area (Å²) in [5.74, 6) is 0.108. The molecule has 0 aliphatic rings. The fourth-order valence-corrected chi connectivity index (χ4v) is 1.66. The number of aryl methyl sites for hydroxylation is 1. The Bertz CT molecular complexity index is 331. The van der Waals surface area contributed by atoms with E-state index in [0.717, 1.165) is 18.7 Å². The highest BCUT2D eigenvalue weighted by atomic mass is 16.4. The molecule has 0 bridgehead atoms. The number of carboxylic acids is 1. The van der Waals surface area contributed by atoms with Gasteiger partial charge < -0.3 is 5.11 Å². The van der Waals surface area contributed by atoms with Gasteiger partial charge in [0, 0.05) is 6.42 Å². The summed E-state index contributed by atoms with van der Waals surface area (Å²) in [6.07, 6.45) is 7.26. The van der Waals surface area contributed by atoms with Crippen LogP contribution in [0.4, 0.5) is 0 Å². The lowest BCUT2D eigenvalue weighted by Gasteiger charge is -1.96. The van der Waals surface area contributed by atoms with Crippen molar-refractivity contribution in [3.05, 3.63) is 17.7 Å². The second kappa shape index (κ2) is 5.53. The molecule has 0 aliphatic carbocycles. The van der Waals surface area contributed by atoms with Gasteiger partial charge in [-0.15, -0.1) is 0 Å². The van der Waals surface area contributed by atoms with Crippen LogP contribution >= 0.6 is 0 Å². The van der Waals surface area contributed by atoms with E-state index in [9.17, 15) is 4.79 Å². The molecule has 4 heteroatoms. The molecule has 0 amide bonds. The van der Waals surface area contributed by atoms with E-state index >= 15 is 0 Å². The predicted octanol–water partition coefficient (Wildman–Crippen LogP) is 1.66. The van der Waals surface area contributed by atoms with E-state index in [1.54, 1.807) is 17.8 Å². The van der Waals surface area contributed by atoms with Gasteiger partial charge in [-0.05, 0) is 6.42 Å². The van der Waals surface area contributed by atoms with Gasteiger partial charge in [0.05, 0.1) is 7.05 Å². The number of imidazole rings is 1. The number of carboxylic acid groups (broad SMARTS) is 1. The van der Waals surface area contributed by atoms with Crippen LogP contribution in [-0.4, -0.2) is 16.1 Å². The van der Waals surface area contributed by atoms with Gasteiger partial charge in [0.25, 0.3) is 11.5 Å². The molecule has 2 N–H and O–H groups in total. The molecule has 1 rings (SSSR count). The van der Waals surface area contributed by atoms with Crippen LogP contribution in [0.3, 0.4) is 0 Å². The number of unbranched alkanes of at least 4 members (excludes halogenated alkanes) is 3. The number of aromatic nitrogens is 2. The first kappa shape index (κ1) is 11.8. The summed E-state index contributed by atoms with van der Waals surface area (Å²) < 4.78 is 1.72.